The molecular formula is C20H29N5O3. The highest BCUT2D eigenvalue weighted by Crippen LogP contribution is 2.32. The fourth-order valence-electron chi connectivity index (χ4n) is 3.80. The number of carbonyl (C=O) groups is 3. The van der Waals surface area contributed by atoms with E-state index in [0.717, 1.165) is 43.7 Å². The van der Waals surface area contributed by atoms with Gasteiger partial charge in [-0.1, -0.05) is 6.07 Å². The van der Waals surface area contributed by atoms with E-state index in [-0.39, 0.29) is 24.1 Å². The first-order valence-electron chi connectivity index (χ1n) is 9.90. The van der Waals surface area contributed by atoms with Gasteiger partial charge in [-0.3, -0.25) is 19.7 Å². The van der Waals surface area contributed by atoms with Crippen molar-refractivity contribution in [1.82, 2.24) is 15.1 Å². The first kappa shape index (κ1) is 20.3. The highest BCUT2D eigenvalue weighted by molar-refractivity contribution is 6.06. The maximum Gasteiger partial charge on any atom is 0.255 e. The molecule has 2 heterocycles. The number of nitrogens with two attached hydrogens (primary N) is 1. The average molecular weight is 387 g/mol. The van der Waals surface area contributed by atoms with Crippen LogP contribution in [0.3, 0.4) is 0 Å². The lowest BCUT2D eigenvalue weighted by Gasteiger charge is -2.29. The summed E-state index contributed by atoms with van der Waals surface area (Å²) in [5.74, 6) is -0.800. The van der Waals surface area contributed by atoms with Gasteiger partial charge in [0.1, 0.15) is 6.04 Å². The number of amides is 3. The number of fused-ring (bicyclic) bond motifs is 1. The monoisotopic (exact) mass is 387 g/mol. The van der Waals surface area contributed by atoms with Crippen LogP contribution in [0, 0.1) is 0 Å². The Balaban J connectivity index is 1.59. The van der Waals surface area contributed by atoms with E-state index < -0.39 is 6.04 Å². The number of benzene rings is 1. The lowest BCUT2D eigenvalue weighted by molar-refractivity contribution is -0.136. The summed E-state index contributed by atoms with van der Waals surface area (Å²) in [4.78, 5) is 40.2. The molecule has 1 atom stereocenters. The summed E-state index contributed by atoms with van der Waals surface area (Å²) in [6.07, 6.45) is 2.62. The van der Waals surface area contributed by atoms with Gasteiger partial charge < -0.3 is 20.9 Å². The van der Waals surface area contributed by atoms with Crippen molar-refractivity contribution in [2.75, 3.05) is 38.5 Å². The van der Waals surface area contributed by atoms with Crippen molar-refractivity contribution in [3.8, 4) is 0 Å². The molecule has 8 nitrogen and oxygen atoms in total. The molecule has 2 aliphatic heterocycles. The normalized spacial score (nSPS) is 19.2. The molecule has 0 aromatic heterocycles. The Bertz CT molecular complexity index is 751. The zero-order chi connectivity index (χ0) is 20.1. The van der Waals surface area contributed by atoms with Gasteiger partial charge in [-0.05, 0) is 58.1 Å². The predicted molar refractivity (Wildman–Crippen MR) is 107 cm³/mol. The lowest BCUT2D eigenvalue weighted by atomic mass is 10.0. The average Bonchev–Trinajstić information content (AvgIpc) is 3.01. The quantitative estimate of drug-likeness (QED) is 0.421. The smallest absolute Gasteiger partial charge is 0.255 e. The number of nitrogens with zero attached hydrogens (tertiary/aromatic N) is 2. The summed E-state index contributed by atoms with van der Waals surface area (Å²) in [6.45, 7) is 3.86. The Morgan fingerprint density at radius 2 is 2.04 bits per heavy atom. The van der Waals surface area contributed by atoms with Crippen LogP contribution < -0.4 is 16.4 Å². The van der Waals surface area contributed by atoms with Crippen LogP contribution in [0.4, 0.5) is 5.69 Å². The van der Waals surface area contributed by atoms with Crippen molar-refractivity contribution < 1.29 is 14.4 Å². The summed E-state index contributed by atoms with van der Waals surface area (Å²) >= 11 is 0. The van der Waals surface area contributed by atoms with Crippen LogP contribution in [0.1, 0.15) is 41.6 Å². The molecular weight excluding hydrogens is 358 g/mol. The molecule has 0 bridgehead atoms. The molecule has 1 saturated heterocycles. The van der Waals surface area contributed by atoms with Crippen molar-refractivity contribution in [2.24, 2.45) is 5.73 Å². The second-order valence-electron chi connectivity index (χ2n) is 7.46. The molecule has 3 rings (SSSR count). The molecule has 2 aliphatic rings. The largest absolute Gasteiger partial charge is 0.385 e. The van der Waals surface area contributed by atoms with Crippen LogP contribution in [0.2, 0.25) is 0 Å². The van der Waals surface area contributed by atoms with Crippen molar-refractivity contribution in [3.63, 3.8) is 0 Å². The third kappa shape index (κ3) is 4.51. The van der Waals surface area contributed by atoms with E-state index in [1.165, 1.54) is 0 Å². The molecule has 1 unspecified atom stereocenters. The number of imide groups is 1. The van der Waals surface area contributed by atoms with Gasteiger partial charge in [-0.25, -0.2) is 0 Å². The van der Waals surface area contributed by atoms with Crippen molar-refractivity contribution >= 4 is 23.4 Å². The van der Waals surface area contributed by atoms with Crippen LogP contribution in [0.25, 0.3) is 0 Å². The Hall–Kier alpha value is -2.45. The van der Waals surface area contributed by atoms with E-state index in [9.17, 15) is 14.4 Å². The minimum atomic E-state index is -0.582. The third-order valence-corrected chi connectivity index (χ3v) is 5.36. The van der Waals surface area contributed by atoms with E-state index in [1.54, 1.807) is 11.0 Å². The predicted octanol–water partition coefficient (Wildman–Crippen LogP) is 0.530. The third-order valence-electron chi connectivity index (χ3n) is 5.36. The Morgan fingerprint density at radius 3 is 2.79 bits per heavy atom. The van der Waals surface area contributed by atoms with Crippen LogP contribution in [0.15, 0.2) is 18.2 Å². The van der Waals surface area contributed by atoms with E-state index in [2.05, 4.69) is 22.6 Å². The van der Waals surface area contributed by atoms with Gasteiger partial charge in [0.25, 0.3) is 5.91 Å². The van der Waals surface area contributed by atoms with Crippen LogP contribution >= 0.6 is 0 Å². The first-order valence-corrected chi connectivity index (χ1v) is 9.90. The van der Waals surface area contributed by atoms with E-state index in [0.29, 0.717) is 25.1 Å². The van der Waals surface area contributed by atoms with Gasteiger partial charge in [0.2, 0.25) is 11.8 Å². The zero-order valence-electron chi connectivity index (χ0n) is 16.4. The molecule has 0 spiro atoms. The van der Waals surface area contributed by atoms with Gasteiger partial charge in [0.15, 0.2) is 0 Å². The number of hydrogen-bond donors (Lipinski definition) is 3. The first-order chi connectivity index (χ1) is 13.5. The summed E-state index contributed by atoms with van der Waals surface area (Å²) < 4.78 is 0. The molecule has 0 aliphatic carbocycles. The number of carbonyl (C=O) groups excluding carboxylic acids is 3. The minimum absolute atomic E-state index is 0.144. The molecule has 8 heteroatoms. The highest BCUT2D eigenvalue weighted by Gasteiger charge is 2.39. The molecule has 0 radical (unpaired) electrons. The van der Waals surface area contributed by atoms with E-state index in [1.807, 2.05) is 12.1 Å². The second kappa shape index (κ2) is 9.16. The summed E-state index contributed by atoms with van der Waals surface area (Å²) in [6, 6.07) is 5.05. The van der Waals surface area contributed by atoms with Crippen LogP contribution in [0.5, 0.6) is 0 Å². The van der Waals surface area contributed by atoms with E-state index in [4.69, 9.17) is 5.73 Å². The molecule has 1 fully saturated rings. The SMILES string of the molecule is CN(CCCN)CCCNc1cccc2c1CN(C1CCC(=O)NC1=O)C2=O. The maximum absolute atomic E-state index is 12.8. The number of hydrogen-bond acceptors (Lipinski definition) is 6. The van der Waals surface area contributed by atoms with Gasteiger partial charge in [-0.2, -0.15) is 0 Å². The zero-order valence-corrected chi connectivity index (χ0v) is 16.4. The Kier molecular flexibility index (Phi) is 6.64. The standard InChI is InChI=1S/C20H29N5O3/c1-24(11-3-9-21)12-4-10-22-16-6-2-5-14-15(16)13-25(20(14)28)17-7-8-18(26)23-19(17)27/h2,5-6,17,22H,3-4,7-13,21H2,1H3,(H,23,26,27). The number of piperidine rings is 1. The summed E-state index contributed by atoms with van der Waals surface area (Å²) in [5.41, 5.74) is 8.03. The molecule has 1 aromatic carbocycles. The van der Waals surface area contributed by atoms with Crippen molar-refractivity contribution in [3.05, 3.63) is 29.3 Å². The number of anilines is 1. The van der Waals surface area contributed by atoms with Crippen LogP contribution in [-0.2, 0) is 16.1 Å². The molecule has 28 heavy (non-hydrogen) atoms. The topological polar surface area (TPSA) is 108 Å². The molecule has 1 aromatic rings. The maximum atomic E-state index is 12.8. The number of rotatable bonds is 9. The summed E-state index contributed by atoms with van der Waals surface area (Å²) in [7, 11) is 2.09. The molecule has 152 valence electrons. The number of nitrogens with one attached hydrogen (secondary N) is 2. The van der Waals surface area contributed by atoms with Gasteiger partial charge in [0, 0.05) is 36.3 Å². The van der Waals surface area contributed by atoms with E-state index >= 15 is 0 Å². The van der Waals surface area contributed by atoms with Gasteiger partial charge in [-0.15, -0.1) is 0 Å². The second-order valence-corrected chi connectivity index (χ2v) is 7.46. The Morgan fingerprint density at radius 1 is 1.25 bits per heavy atom. The molecule has 0 saturated carbocycles. The van der Waals surface area contributed by atoms with Crippen molar-refractivity contribution in [2.45, 2.75) is 38.3 Å². The Labute approximate surface area is 165 Å². The lowest BCUT2D eigenvalue weighted by Crippen LogP contribution is -2.52. The van der Waals surface area contributed by atoms with Gasteiger partial charge >= 0.3 is 0 Å². The highest BCUT2D eigenvalue weighted by atomic mass is 16.2. The molecule has 4 N–H and O–H groups in total. The van der Waals surface area contributed by atoms with Crippen molar-refractivity contribution in [1.29, 1.82) is 0 Å². The fourth-order valence-corrected chi connectivity index (χ4v) is 3.80. The fraction of sp³-hybridized carbons (Fsp3) is 0.550. The summed E-state index contributed by atoms with van der Waals surface area (Å²) in [5, 5.41) is 5.77. The van der Waals surface area contributed by atoms with Gasteiger partial charge in [0.05, 0.1) is 0 Å². The minimum Gasteiger partial charge on any atom is -0.385 e. The molecule has 3 amide bonds. The van der Waals surface area contributed by atoms with Crippen LogP contribution in [-0.4, -0.2) is 66.8 Å².